The third-order valence-corrected chi connectivity index (χ3v) is 7.03. The van der Waals surface area contributed by atoms with Gasteiger partial charge >= 0.3 is 0 Å². The lowest BCUT2D eigenvalue weighted by atomic mass is 10.1. The maximum atomic E-state index is 13.0. The summed E-state index contributed by atoms with van der Waals surface area (Å²) in [5, 5.41) is 9.34. The topological polar surface area (TPSA) is 64.8 Å². The summed E-state index contributed by atoms with van der Waals surface area (Å²) in [5.74, 6) is 1.10. The third kappa shape index (κ3) is 3.70. The molecule has 3 rings (SSSR count). The fourth-order valence-corrected chi connectivity index (χ4v) is 5.56. The molecule has 1 aliphatic heterocycles. The molecule has 9 heteroatoms. The summed E-state index contributed by atoms with van der Waals surface area (Å²) in [6, 6.07) is 4.29. The maximum Gasteiger partial charge on any atom is 0.191 e. The summed E-state index contributed by atoms with van der Waals surface area (Å²) in [7, 11) is -1.13. The number of halogens is 2. The lowest BCUT2D eigenvalue weighted by Crippen LogP contribution is -2.09. The molecule has 124 valence electrons. The number of hydrogen-bond acceptors (Lipinski definition) is 5. The average molecular weight is 376 g/mol. The van der Waals surface area contributed by atoms with E-state index in [1.807, 2.05) is 11.6 Å². The Bertz CT molecular complexity index is 839. The largest absolute Gasteiger partial charge is 0.309 e. The quantitative estimate of drug-likeness (QED) is 0.769. The van der Waals surface area contributed by atoms with Crippen LogP contribution in [-0.4, -0.2) is 34.7 Å². The van der Waals surface area contributed by atoms with Crippen molar-refractivity contribution >= 4 is 33.2 Å². The molecule has 0 amide bonds. The van der Waals surface area contributed by atoms with Gasteiger partial charge in [-0.25, -0.2) is 12.8 Å². The zero-order chi connectivity index (χ0) is 16.6. The van der Waals surface area contributed by atoms with Crippen molar-refractivity contribution in [3.05, 3.63) is 40.4 Å². The highest BCUT2D eigenvalue weighted by Gasteiger charge is 2.32. The zero-order valence-electron chi connectivity index (χ0n) is 12.4. The predicted octanol–water partition coefficient (Wildman–Crippen LogP) is 2.80. The second-order valence-corrected chi connectivity index (χ2v) is 9.10. The number of thioether (sulfide) groups is 1. The van der Waals surface area contributed by atoms with Crippen LogP contribution < -0.4 is 0 Å². The molecule has 0 spiro atoms. The van der Waals surface area contributed by atoms with Gasteiger partial charge in [0.15, 0.2) is 15.0 Å². The Morgan fingerprint density at radius 3 is 2.87 bits per heavy atom. The first kappa shape index (κ1) is 16.7. The van der Waals surface area contributed by atoms with Crippen LogP contribution in [0.15, 0.2) is 23.4 Å². The van der Waals surface area contributed by atoms with Gasteiger partial charge in [0, 0.05) is 23.7 Å². The minimum atomic E-state index is -2.96. The van der Waals surface area contributed by atoms with E-state index < -0.39 is 9.84 Å². The van der Waals surface area contributed by atoms with Crippen molar-refractivity contribution in [2.45, 2.75) is 23.2 Å². The molecule has 0 saturated carbocycles. The van der Waals surface area contributed by atoms with Crippen molar-refractivity contribution < 1.29 is 12.8 Å². The molecule has 0 bridgehead atoms. The van der Waals surface area contributed by atoms with Gasteiger partial charge in [0.2, 0.25) is 0 Å². The van der Waals surface area contributed by atoms with Crippen molar-refractivity contribution in [3.63, 3.8) is 0 Å². The SMILES string of the molecule is Cn1c(SCc2ccc(F)cc2Cl)nnc1[C@@H]1CCS(=O)(=O)C1. The first-order valence-electron chi connectivity index (χ1n) is 7.02. The summed E-state index contributed by atoms with van der Waals surface area (Å²) >= 11 is 7.45. The molecule has 1 atom stereocenters. The molecule has 2 heterocycles. The molecule has 5 nitrogen and oxygen atoms in total. The van der Waals surface area contributed by atoms with Gasteiger partial charge < -0.3 is 4.57 Å². The minimum Gasteiger partial charge on any atom is -0.309 e. The van der Waals surface area contributed by atoms with Crippen molar-refractivity contribution in [1.29, 1.82) is 0 Å². The Hall–Kier alpha value is -1.12. The van der Waals surface area contributed by atoms with Gasteiger partial charge in [0.05, 0.1) is 11.5 Å². The molecule has 1 aromatic heterocycles. The van der Waals surface area contributed by atoms with Gasteiger partial charge in [-0.3, -0.25) is 0 Å². The van der Waals surface area contributed by atoms with Gasteiger partial charge in [-0.2, -0.15) is 0 Å². The van der Waals surface area contributed by atoms with E-state index in [-0.39, 0.29) is 23.2 Å². The van der Waals surface area contributed by atoms with E-state index in [1.54, 1.807) is 6.07 Å². The van der Waals surface area contributed by atoms with Crippen molar-refractivity contribution in [3.8, 4) is 0 Å². The van der Waals surface area contributed by atoms with Crippen LogP contribution in [0.1, 0.15) is 23.7 Å². The predicted molar refractivity (Wildman–Crippen MR) is 88.0 cm³/mol. The first-order valence-corrected chi connectivity index (χ1v) is 10.2. The number of hydrogen-bond donors (Lipinski definition) is 0. The molecule has 1 aliphatic rings. The van der Waals surface area contributed by atoms with E-state index in [0.29, 0.717) is 28.2 Å². The monoisotopic (exact) mass is 375 g/mol. The van der Waals surface area contributed by atoms with Gasteiger partial charge in [-0.05, 0) is 24.1 Å². The maximum absolute atomic E-state index is 13.0. The van der Waals surface area contributed by atoms with Crippen LogP contribution in [0.3, 0.4) is 0 Å². The van der Waals surface area contributed by atoms with E-state index in [4.69, 9.17) is 11.6 Å². The van der Waals surface area contributed by atoms with Crippen LogP contribution in [0.5, 0.6) is 0 Å². The smallest absolute Gasteiger partial charge is 0.191 e. The molecule has 1 fully saturated rings. The van der Waals surface area contributed by atoms with E-state index in [2.05, 4.69) is 10.2 Å². The fraction of sp³-hybridized carbons (Fsp3) is 0.429. The number of sulfone groups is 1. The van der Waals surface area contributed by atoms with Crippen molar-refractivity contribution in [2.75, 3.05) is 11.5 Å². The highest BCUT2D eigenvalue weighted by molar-refractivity contribution is 7.98. The Kier molecular flexibility index (Phi) is 4.66. The number of rotatable bonds is 4. The molecule has 0 radical (unpaired) electrons. The molecule has 0 N–H and O–H groups in total. The lowest BCUT2D eigenvalue weighted by Gasteiger charge is -2.08. The molecule has 0 unspecified atom stereocenters. The second-order valence-electron chi connectivity index (χ2n) is 5.52. The van der Waals surface area contributed by atoms with Gasteiger partial charge in [0.25, 0.3) is 0 Å². The van der Waals surface area contributed by atoms with Crippen LogP contribution in [0.4, 0.5) is 4.39 Å². The zero-order valence-corrected chi connectivity index (χ0v) is 14.8. The van der Waals surface area contributed by atoms with Crippen LogP contribution >= 0.6 is 23.4 Å². The summed E-state index contributed by atoms with van der Waals surface area (Å²) < 4.78 is 38.1. The Labute approximate surface area is 143 Å². The average Bonchev–Trinajstić information content (AvgIpc) is 3.01. The van der Waals surface area contributed by atoms with E-state index in [1.165, 1.54) is 23.9 Å². The third-order valence-electron chi connectivity index (χ3n) is 3.84. The Morgan fingerprint density at radius 1 is 1.43 bits per heavy atom. The van der Waals surface area contributed by atoms with Crippen LogP contribution in [0.25, 0.3) is 0 Å². The van der Waals surface area contributed by atoms with Crippen LogP contribution in [-0.2, 0) is 22.6 Å². The lowest BCUT2D eigenvalue weighted by molar-refractivity contribution is 0.599. The molecular weight excluding hydrogens is 361 g/mol. The van der Waals surface area contributed by atoms with E-state index in [9.17, 15) is 12.8 Å². The molecule has 1 aromatic carbocycles. The standard InChI is InChI=1S/C14H15ClFN3O2S2/c1-19-13(10-4-5-23(20,21)8-10)17-18-14(19)22-7-9-2-3-11(16)6-12(9)15/h2-3,6,10H,4-5,7-8H2,1H3/t10-/m1/s1. The summed E-state index contributed by atoms with van der Waals surface area (Å²) in [4.78, 5) is 0. The molecule has 1 saturated heterocycles. The van der Waals surface area contributed by atoms with Crippen molar-refractivity contribution in [1.82, 2.24) is 14.8 Å². The minimum absolute atomic E-state index is 0.0961. The summed E-state index contributed by atoms with van der Waals surface area (Å²) in [5.41, 5.74) is 0.811. The van der Waals surface area contributed by atoms with Gasteiger partial charge in [0.1, 0.15) is 11.6 Å². The molecule has 2 aromatic rings. The normalized spacial score (nSPS) is 20.0. The fourth-order valence-electron chi connectivity index (χ4n) is 2.59. The van der Waals surface area contributed by atoms with Crippen LogP contribution in [0.2, 0.25) is 5.02 Å². The van der Waals surface area contributed by atoms with E-state index >= 15 is 0 Å². The highest BCUT2D eigenvalue weighted by atomic mass is 35.5. The summed E-state index contributed by atoms with van der Waals surface area (Å²) in [6.45, 7) is 0. The Morgan fingerprint density at radius 2 is 2.22 bits per heavy atom. The second kappa shape index (κ2) is 6.41. The van der Waals surface area contributed by atoms with Crippen LogP contribution in [0, 0.1) is 5.82 Å². The van der Waals surface area contributed by atoms with E-state index in [0.717, 1.165) is 5.56 Å². The van der Waals surface area contributed by atoms with Crippen molar-refractivity contribution in [2.24, 2.45) is 7.05 Å². The van der Waals surface area contributed by atoms with Gasteiger partial charge in [-0.15, -0.1) is 10.2 Å². The molecule has 23 heavy (non-hydrogen) atoms. The first-order chi connectivity index (χ1) is 10.9. The van der Waals surface area contributed by atoms with Gasteiger partial charge in [-0.1, -0.05) is 29.4 Å². The molecular formula is C14H15ClFN3O2S2. The number of benzene rings is 1. The summed E-state index contributed by atoms with van der Waals surface area (Å²) in [6.07, 6.45) is 0.586. The molecule has 0 aliphatic carbocycles. The number of aromatic nitrogens is 3. The highest BCUT2D eigenvalue weighted by Crippen LogP contribution is 2.31. The number of nitrogens with zero attached hydrogens (tertiary/aromatic N) is 3. The Balaban J connectivity index is 1.72.